The molecule has 0 saturated carbocycles. The Bertz CT molecular complexity index is 852. The number of rotatable bonds is 4. The number of nitrogens with zero attached hydrogens (tertiary/aromatic N) is 2. The Morgan fingerprint density at radius 1 is 1.24 bits per heavy atom. The van der Waals surface area contributed by atoms with E-state index in [1.165, 1.54) is 18.2 Å². The van der Waals surface area contributed by atoms with Crippen LogP contribution in [0.3, 0.4) is 0 Å². The second-order valence-corrected chi connectivity index (χ2v) is 6.33. The number of alkyl halides is 3. The van der Waals surface area contributed by atoms with Gasteiger partial charge in [0.25, 0.3) is 5.91 Å². The molecule has 1 fully saturated rings. The van der Waals surface area contributed by atoms with Crippen LogP contribution in [-0.4, -0.2) is 34.9 Å². The van der Waals surface area contributed by atoms with E-state index in [2.05, 4.69) is 4.98 Å². The zero-order valence-electron chi connectivity index (χ0n) is 15.2. The fourth-order valence-electron chi connectivity index (χ4n) is 2.84. The number of halogens is 5. The van der Waals surface area contributed by atoms with Crippen molar-refractivity contribution in [2.75, 3.05) is 13.1 Å². The van der Waals surface area contributed by atoms with E-state index in [-0.39, 0.29) is 60.5 Å². The highest BCUT2D eigenvalue weighted by Crippen LogP contribution is 2.31. The summed E-state index contributed by atoms with van der Waals surface area (Å²) in [5.41, 5.74) is 10.8. The lowest BCUT2D eigenvalue weighted by Gasteiger charge is -2.16. The number of aromatic nitrogens is 1. The Hall–Kier alpha value is -2.07. The molecule has 1 atom stereocenters. The van der Waals surface area contributed by atoms with Crippen LogP contribution in [0, 0.1) is 0 Å². The molecule has 1 saturated heterocycles. The second-order valence-electron chi connectivity index (χ2n) is 6.33. The summed E-state index contributed by atoms with van der Waals surface area (Å²) in [5.74, 6) is -0.231. The minimum Gasteiger partial charge on any atom is -0.439 e. The average Bonchev–Trinajstić information content (AvgIpc) is 3.06. The third-order valence-electron chi connectivity index (χ3n) is 4.20. The number of pyridine rings is 1. The fourth-order valence-corrected chi connectivity index (χ4v) is 2.84. The Labute approximate surface area is 178 Å². The van der Waals surface area contributed by atoms with Gasteiger partial charge >= 0.3 is 6.18 Å². The van der Waals surface area contributed by atoms with Crippen molar-refractivity contribution < 1.29 is 22.7 Å². The van der Waals surface area contributed by atoms with Crippen LogP contribution < -0.4 is 16.2 Å². The number of likely N-dealkylation sites (tertiary alicyclic amines) is 1. The van der Waals surface area contributed by atoms with Gasteiger partial charge in [-0.15, -0.1) is 24.8 Å². The Morgan fingerprint density at radius 3 is 2.55 bits per heavy atom. The summed E-state index contributed by atoms with van der Waals surface area (Å²) in [6.45, 7) is 0.953. The van der Waals surface area contributed by atoms with Gasteiger partial charge in [-0.05, 0) is 36.2 Å². The van der Waals surface area contributed by atoms with Crippen LogP contribution in [0.5, 0.6) is 11.6 Å². The standard InChI is InChI=1S/C18H19F3N4O2.2ClH/c19-18(20,21)15-6-11(9-22)7-16(24-15)27-14-3-1-2-12(8-14)17(26)25-5-4-13(23)10-25;;/h1-3,6-8,13H,4-5,9-10,22-23H2;2*1H. The lowest BCUT2D eigenvalue weighted by Crippen LogP contribution is -2.31. The Morgan fingerprint density at radius 2 is 1.97 bits per heavy atom. The van der Waals surface area contributed by atoms with Crippen molar-refractivity contribution in [1.29, 1.82) is 0 Å². The third kappa shape index (κ3) is 6.20. The summed E-state index contributed by atoms with van der Waals surface area (Å²) in [6, 6.07) is 8.39. The zero-order chi connectivity index (χ0) is 19.6. The van der Waals surface area contributed by atoms with Gasteiger partial charge in [-0.25, -0.2) is 4.98 Å². The molecule has 160 valence electrons. The molecule has 2 heterocycles. The molecule has 1 amide bonds. The number of amides is 1. The van der Waals surface area contributed by atoms with Crippen molar-refractivity contribution in [1.82, 2.24) is 9.88 Å². The highest BCUT2D eigenvalue weighted by atomic mass is 35.5. The molecule has 1 aromatic heterocycles. The fraction of sp³-hybridized carbons (Fsp3) is 0.333. The first kappa shape index (κ1) is 25.0. The smallest absolute Gasteiger partial charge is 0.433 e. The van der Waals surface area contributed by atoms with Gasteiger partial charge in [0.2, 0.25) is 5.88 Å². The van der Waals surface area contributed by atoms with Crippen molar-refractivity contribution in [2.24, 2.45) is 11.5 Å². The maximum atomic E-state index is 13.0. The quantitative estimate of drug-likeness (QED) is 0.741. The summed E-state index contributed by atoms with van der Waals surface area (Å²) < 4.78 is 44.4. The van der Waals surface area contributed by atoms with Gasteiger partial charge in [0.15, 0.2) is 0 Å². The predicted octanol–water partition coefficient (Wildman–Crippen LogP) is 3.37. The first-order valence-corrected chi connectivity index (χ1v) is 8.37. The lowest BCUT2D eigenvalue weighted by molar-refractivity contribution is -0.141. The molecule has 1 aliphatic rings. The Kier molecular flexibility index (Phi) is 8.70. The number of ether oxygens (including phenoxy) is 1. The van der Waals surface area contributed by atoms with Gasteiger partial charge in [-0.1, -0.05) is 6.07 Å². The van der Waals surface area contributed by atoms with Crippen LogP contribution in [0.2, 0.25) is 0 Å². The molecule has 0 aliphatic carbocycles. The van der Waals surface area contributed by atoms with Crippen LogP contribution >= 0.6 is 24.8 Å². The number of hydrogen-bond acceptors (Lipinski definition) is 5. The van der Waals surface area contributed by atoms with E-state index in [0.717, 1.165) is 12.5 Å². The van der Waals surface area contributed by atoms with Crippen molar-refractivity contribution in [2.45, 2.75) is 25.2 Å². The summed E-state index contributed by atoms with van der Waals surface area (Å²) in [7, 11) is 0. The van der Waals surface area contributed by atoms with E-state index in [1.54, 1.807) is 17.0 Å². The van der Waals surface area contributed by atoms with E-state index in [9.17, 15) is 18.0 Å². The highest BCUT2D eigenvalue weighted by molar-refractivity contribution is 5.94. The minimum absolute atomic E-state index is 0. The molecule has 11 heteroatoms. The Balaban J connectivity index is 0.00000210. The van der Waals surface area contributed by atoms with Gasteiger partial charge in [0.05, 0.1) is 0 Å². The minimum atomic E-state index is -4.62. The first-order chi connectivity index (χ1) is 12.8. The molecule has 1 unspecified atom stereocenters. The molecule has 1 aromatic carbocycles. The van der Waals surface area contributed by atoms with E-state index in [0.29, 0.717) is 18.7 Å². The summed E-state index contributed by atoms with van der Waals surface area (Å²) >= 11 is 0. The molecule has 2 aromatic rings. The average molecular weight is 453 g/mol. The van der Waals surface area contributed by atoms with Crippen LogP contribution in [0.25, 0.3) is 0 Å². The second kappa shape index (κ2) is 10.1. The SMILES string of the molecule is Cl.Cl.NCc1cc(Oc2cccc(C(=O)N3CCC(N)C3)c2)nc(C(F)(F)F)c1. The molecular formula is C18H21Cl2F3N4O2. The van der Waals surface area contributed by atoms with E-state index in [1.807, 2.05) is 0 Å². The van der Waals surface area contributed by atoms with Crippen molar-refractivity contribution in [3.8, 4) is 11.6 Å². The van der Waals surface area contributed by atoms with Gasteiger partial charge in [-0.3, -0.25) is 4.79 Å². The number of nitrogens with two attached hydrogens (primary N) is 2. The molecule has 0 spiro atoms. The summed E-state index contributed by atoms with van der Waals surface area (Å²) in [5, 5.41) is 0. The molecular weight excluding hydrogens is 432 g/mol. The topological polar surface area (TPSA) is 94.5 Å². The van der Waals surface area contributed by atoms with Gasteiger partial charge in [0, 0.05) is 37.3 Å². The summed E-state index contributed by atoms with van der Waals surface area (Å²) in [4.78, 5) is 17.6. The summed E-state index contributed by atoms with van der Waals surface area (Å²) in [6.07, 6.45) is -3.88. The monoisotopic (exact) mass is 452 g/mol. The number of hydrogen-bond donors (Lipinski definition) is 2. The van der Waals surface area contributed by atoms with Crippen molar-refractivity contribution >= 4 is 30.7 Å². The number of carbonyl (C=O) groups is 1. The largest absolute Gasteiger partial charge is 0.439 e. The number of benzene rings is 1. The van der Waals surface area contributed by atoms with E-state index >= 15 is 0 Å². The van der Waals surface area contributed by atoms with Gasteiger partial charge in [0.1, 0.15) is 11.4 Å². The molecule has 6 nitrogen and oxygen atoms in total. The van der Waals surface area contributed by atoms with E-state index < -0.39 is 11.9 Å². The van der Waals surface area contributed by atoms with Crippen LogP contribution in [-0.2, 0) is 12.7 Å². The molecule has 1 aliphatic heterocycles. The van der Waals surface area contributed by atoms with Crippen LogP contribution in [0.4, 0.5) is 13.2 Å². The van der Waals surface area contributed by atoms with Crippen LogP contribution in [0.1, 0.15) is 28.0 Å². The molecule has 0 radical (unpaired) electrons. The lowest BCUT2D eigenvalue weighted by atomic mass is 10.2. The molecule has 29 heavy (non-hydrogen) atoms. The first-order valence-electron chi connectivity index (χ1n) is 8.37. The van der Waals surface area contributed by atoms with Gasteiger partial charge < -0.3 is 21.1 Å². The number of carbonyl (C=O) groups excluding carboxylic acids is 1. The molecule has 0 bridgehead atoms. The van der Waals surface area contributed by atoms with Crippen molar-refractivity contribution in [3.63, 3.8) is 0 Å². The van der Waals surface area contributed by atoms with E-state index in [4.69, 9.17) is 16.2 Å². The molecule has 3 rings (SSSR count). The normalized spacial score (nSPS) is 16.0. The zero-order valence-corrected chi connectivity index (χ0v) is 16.8. The third-order valence-corrected chi connectivity index (χ3v) is 4.20. The maximum absolute atomic E-state index is 13.0. The highest BCUT2D eigenvalue weighted by Gasteiger charge is 2.33. The maximum Gasteiger partial charge on any atom is 0.433 e. The van der Waals surface area contributed by atoms with Gasteiger partial charge in [-0.2, -0.15) is 13.2 Å². The van der Waals surface area contributed by atoms with Crippen molar-refractivity contribution in [3.05, 3.63) is 53.2 Å². The predicted molar refractivity (Wildman–Crippen MR) is 107 cm³/mol. The van der Waals surface area contributed by atoms with Crippen LogP contribution in [0.15, 0.2) is 36.4 Å². The molecule has 4 N–H and O–H groups in total.